The van der Waals surface area contributed by atoms with Crippen LogP contribution in [0.5, 0.6) is 0 Å². The lowest BCUT2D eigenvalue weighted by Gasteiger charge is -2.19. The topological polar surface area (TPSA) is 79.4 Å². The second kappa shape index (κ2) is 8.97. The lowest BCUT2D eigenvalue weighted by Crippen LogP contribution is -2.28. The van der Waals surface area contributed by atoms with E-state index in [2.05, 4.69) is 9.71 Å². The molecule has 0 spiro atoms. The summed E-state index contributed by atoms with van der Waals surface area (Å²) in [6, 6.07) is 11.8. The van der Waals surface area contributed by atoms with E-state index in [0.29, 0.717) is 11.8 Å². The molecule has 0 saturated heterocycles. The molecule has 0 aliphatic carbocycles. The minimum absolute atomic E-state index is 0.00806. The van der Waals surface area contributed by atoms with Crippen LogP contribution in [-0.4, -0.2) is 26.4 Å². The number of sulfonamides is 1. The molecule has 6 nitrogen and oxygen atoms in total. The molecule has 1 N–H and O–H groups in total. The molecule has 0 bridgehead atoms. The number of halogens is 5. The first kappa shape index (κ1) is 23.8. The predicted molar refractivity (Wildman–Crippen MR) is 116 cm³/mol. The van der Waals surface area contributed by atoms with E-state index in [9.17, 15) is 26.4 Å². The van der Waals surface area contributed by atoms with Crippen molar-refractivity contribution in [2.45, 2.75) is 11.1 Å². The highest BCUT2D eigenvalue weighted by Gasteiger charge is 2.35. The van der Waals surface area contributed by atoms with E-state index in [-0.39, 0.29) is 16.4 Å². The van der Waals surface area contributed by atoms with Gasteiger partial charge in [-0.05, 0) is 36.4 Å². The van der Waals surface area contributed by atoms with Gasteiger partial charge in [-0.15, -0.1) is 0 Å². The number of carbonyl (C=O) groups excluding carboxylic acids is 1. The summed E-state index contributed by atoms with van der Waals surface area (Å²) < 4.78 is 67.1. The molecule has 0 saturated carbocycles. The monoisotopic (exact) mass is 503 g/mol. The fraction of sp³-hybridized carbons (Fsp3) is 0.100. The zero-order valence-electron chi connectivity index (χ0n) is 16.2. The zero-order chi connectivity index (χ0) is 23.7. The van der Waals surface area contributed by atoms with Gasteiger partial charge in [-0.1, -0.05) is 41.4 Å². The van der Waals surface area contributed by atoms with Crippen molar-refractivity contribution in [1.29, 1.82) is 0 Å². The quantitative estimate of drug-likeness (QED) is 0.499. The summed E-state index contributed by atoms with van der Waals surface area (Å²) in [5, 5.41) is -0.644. The van der Waals surface area contributed by atoms with Gasteiger partial charge in [0.1, 0.15) is 0 Å². The average Bonchev–Trinajstić information content (AvgIpc) is 2.72. The Morgan fingerprint density at radius 1 is 1.06 bits per heavy atom. The highest BCUT2D eigenvalue weighted by atomic mass is 35.5. The van der Waals surface area contributed by atoms with E-state index in [0.717, 1.165) is 24.4 Å². The predicted octanol–water partition coefficient (Wildman–Crippen LogP) is 5.48. The van der Waals surface area contributed by atoms with Crippen LogP contribution in [0.3, 0.4) is 0 Å². The van der Waals surface area contributed by atoms with Crippen molar-refractivity contribution < 1.29 is 26.4 Å². The summed E-state index contributed by atoms with van der Waals surface area (Å²) in [7, 11) is -3.09. The first-order valence-corrected chi connectivity index (χ1v) is 11.0. The Hall–Kier alpha value is -2.82. The van der Waals surface area contributed by atoms with Crippen molar-refractivity contribution in [3.8, 4) is 0 Å². The number of rotatable bonds is 5. The van der Waals surface area contributed by atoms with E-state index in [1.165, 1.54) is 11.9 Å². The van der Waals surface area contributed by atoms with Gasteiger partial charge in [0.2, 0.25) is 0 Å². The molecule has 2 aromatic carbocycles. The summed E-state index contributed by atoms with van der Waals surface area (Å²) in [6.45, 7) is 0. The molecule has 12 heteroatoms. The second-order valence-corrected chi connectivity index (χ2v) is 9.02. The van der Waals surface area contributed by atoms with Crippen LogP contribution in [0.25, 0.3) is 0 Å². The summed E-state index contributed by atoms with van der Waals surface area (Å²) >= 11 is 11.5. The molecule has 32 heavy (non-hydrogen) atoms. The number of pyridine rings is 1. The van der Waals surface area contributed by atoms with E-state index in [1.54, 1.807) is 30.3 Å². The van der Waals surface area contributed by atoms with Gasteiger partial charge >= 0.3 is 6.18 Å². The third-order valence-corrected chi connectivity index (χ3v) is 6.20. The Labute approximate surface area is 191 Å². The molecule has 0 atom stereocenters. The van der Waals surface area contributed by atoms with Crippen LogP contribution in [0.2, 0.25) is 10.0 Å². The van der Waals surface area contributed by atoms with Crippen molar-refractivity contribution in [3.05, 3.63) is 82.1 Å². The minimum atomic E-state index is -4.86. The SMILES string of the molecule is CN(C(=O)c1ncc(Cl)cc1NS(=O)(=O)c1ccc(Cl)c(C(F)(F)F)c1)c1ccccc1. The maximum absolute atomic E-state index is 13.1. The second-order valence-electron chi connectivity index (χ2n) is 6.49. The van der Waals surface area contributed by atoms with Crippen molar-refractivity contribution in [1.82, 2.24) is 4.98 Å². The highest BCUT2D eigenvalue weighted by molar-refractivity contribution is 7.92. The van der Waals surface area contributed by atoms with Crippen LogP contribution >= 0.6 is 23.2 Å². The minimum Gasteiger partial charge on any atom is -0.310 e. The number of hydrogen-bond acceptors (Lipinski definition) is 4. The Morgan fingerprint density at radius 3 is 2.34 bits per heavy atom. The normalized spacial score (nSPS) is 11.8. The molecular weight excluding hydrogens is 490 g/mol. The summed E-state index contributed by atoms with van der Waals surface area (Å²) in [5.41, 5.74) is -1.40. The van der Waals surface area contributed by atoms with Gasteiger partial charge in [-0.3, -0.25) is 9.52 Å². The fourth-order valence-electron chi connectivity index (χ4n) is 2.71. The standard InChI is InChI=1S/C20H14Cl2F3N3O3S/c1-28(13-5-3-2-4-6-13)19(29)18-17(9-12(21)11-26-18)27-32(30,31)14-7-8-16(22)15(10-14)20(23,24)25/h2-11,27H,1H3. The molecule has 0 aliphatic heterocycles. The molecule has 1 heterocycles. The smallest absolute Gasteiger partial charge is 0.310 e. The number of amides is 1. The lowest BCUT2D eigenvalue weighted by atomic mass is 10.2. The maximum Gasteiger partial charge on any atom is 0.417 e. The Balaban J connectivity index is 2.01. The van der Waals surface area contributed by atoms with Crippen LogP contribution in [0, 0.1) is 0 Å². The van der Waals surface area contributed by atoms with E-state index in [4.69, 9.17) is 23.2 Å². The van der Waals surface area contributed by atoms with Crippen LogP contribution < -0.4 is 9.62 Å². The van der Waals surface area contributed by atoms with Crippen LogP contribution in [0.15, 0.2) is 65.7 Å². The zero-order valence-corrected chi connectivity index (χ0v) is 18.5. The third-order valence-electron chi connectivity index (χ3n) is 4.30. The van der Waals surface area contributed by atoms with Crippen LogP contribution in [-0.2, 0) is 16.2 Å². The number of aromatic nitrogens is 1. The summed E-state index contributed by atoms with van der Waals surface area (Å²) in [4.78, 5) is 17.4. The number of nitrogens with zero attached hydrogens (tertiary/aromatic N) is 2. The van der Waals surface area contributed by atoms with Crippen LogP contribution in [0.4, 0.5) is 24.5 Å². The maximum atomic E-state index is 13.1. The largest absolute Gasteiger partial charge is 0.417 e. The number of benzene rings is 2. The van der Waals surface area contributed by atoms with Gasteiger partial charge in [0, 0.05) is 18.9 Å². The van der Waals surface area contributed by atoms with E-state index >= 15 is 0 Å². The number of para-hydroxylation sites is 1. The van der Waals surface area contributed by atoms with Gasteiger partial charge < -0.3 is 4.90 Å². The Bertz CT molecular complexity index is 1270. The summed E-state index contributed by atoms with van der Waals surface area (Å²) in [6.07, 6.45) is -3.71. The average molecular weight is 504 g/mol. The summed E-state index contributed by atoms with van der Waals surface area (Å²) in [5.74, 6) is -0.669. The van der Waals surface area contributed by atoms with Crippen LogP contribution in [0.1, 0.15) is 16.1 Å². The Morgan fingerprint density at radius 2 is 1.72 bits per heavy atom. The fourth-order valence-corrected chi connectivity index (χ4v) is 4.17. The van der Waals surface area contributed by atoms with Crippen molar-refractivity contribution >= 4 is 50.5 Å². The molecule has 0 aliphatic rings. The highest BCUT2D eigenvalue weighted by Crippen LogP contribution is 2.36. The molecule has 0 radical (unpaired) electrons. The number of hydrogen-bond donors (Lipinski definition) is 1. The van der Waals surface area contributed by atoms with Crippen molar-refractivity contribution in [2.24, 2.45) is 0 Å². The van der Waals surface area contributed by atoms with Gasteiger partial charge in [-0.25, -0.2) is 13.4 Å². The molecule has 168 valence electrons. The van der Waals surface area contributed by atoms with Crippen molar-refractivity contribution in [2.75, 3.05) is 16.7 Å². The van der Waals surface area contributed by atoms with E-state index < -0.39 is 37.6 Å². The van der Waals surface area contributed by atoms with E-state index in [1.807, 2.05) is 0 Å². The molecule has 0 unspecified atom stereocenters. The molecule has 0 fully saturated rings. The first-order chi connectivity index (χ1) is 14.9. The molecular formula is C20H14Cl2F3N3O3S. The number of alkyl halides is 3. The van der Waals surface area contributed by atoms with Gasteiger partial charge in [0.15, 0.2) is 5.69 Å². The number of nitrogens with one attached hydrogen (secondary N) is 1. The molecule has 3 aromatic rings. The van der Waals surface area contributed by atoms with Crippen molar-refractivity contribution in [3.63, 3.8) is 0 Å². The number of anilines is 2. The van der Waals surface area contributed by atoms with Gasteiger partial charge in [0.25, 0.3) is 15.9 Å². The lowest BCUT2D eigenvalue weighted by molar-refractivity contribution is -0.137. The molecule has 1 amide bonds. The van der Waals surface area contributed by atoms with Gasteiger partial charge in [0.05, 0.1) is 26.2 Å². The number of carbonyl (C=O) groups is 1. The third kappa shape index (κ3) is 5.14. The molecule has 1 aromatic heterocycles. The Kier molecular flexibility index (Phi) is 6.68. The first-order valence-electron chi connectivity index (χ1n) is 8.78. The molecule has 3 rings (SSSR count). The van der Waals surface area contributed by atoms with Gasteiger partial charge in [-0.2, -0.15) is 13.2 Å².